The molecule has 19 heavy (non-hydrogen) atoms. The minimum Gasteiger partial charge on any atom is -0.480 e. The SMILES string of the molecule is CCCC(COC)NC(=O)NC(C)(CCC)C(=O)O. The number of hydrogen-bond acceptors (Lipinski definition) is 3. The van der Waals surface area contributed by atoms with Gasteiger partial charge in [-0.1, -0.05) is 26.7 Å². The third kappa shape index (κ3) is 6.42. The average molecular weight is 274 g/mol. The van der Waals surface area contributed by atoms with Crippen LogP contribution in [0.5, 0.6) is 0 Å². The standard InChI is InChI=1S/C13H26N2O4/c1-5-7-10(9-19-4)14-12(18)15-13(3,8-6-2)11(16)17/h10H,5-9H2,1-4H3,(H,16,17)(H2,14,15,18). The number of carboxylic acid groups (broad SMARTS) is 1. The number of urea groups is 1. The molecular weight excluding hydrogens is 248 g/mol. The van der Waals surface area contributed by atoms with Gasteiger partial charge in [-0.3, -0.25) is 0 Å². The van der Waals surface area contributed by atoms with E-state index in [1.54, 1.807) is 7.11 Å². The third-order valence-electron chi connectivity index (χ3n) is 2.95. The Bertz CT molecular complexity index is 290. The molecule has 0 aliphatic rings. The number of carbonyl (C=O) groups excluding carboxylic acids is 1. The molecular formula is C13H26N2O4. The minimum absolute atomic E-state index is 0.102. The Hall–Kier alpha value is -1.30. The number of ether oxygens (including phenoxy) is 1. The maximum absolute atomic E-state index is 11.9. The molecule has 0 bridgehead atoms. The van der Waals surface area contributed by atoms with Crippen LogP contribution < -0.4 is 10.6 Å². The predicted molar refractivity (Wildman–Crippen MR) is 73.2 cm³/mol. The molecule has 2 amide bonds. The van der Waals surface area contributed by atoms with E-state index in [0.29, 0.717) is 19.4 Å². The van der Waals surface area contributed by atoms with Gasteiger partial charge in [-0.05, 0) is 19.8 Å². The van der Waals surface area contributed by atoms with Crippen molar-refractivity contribution in [2.45, 2.75) is 58.0 Å². The van der Waals surface area contributed by atoms with Crippen molar-refractivity contribution in [1.29, 1.82) is 0 Å². The molecule has 0 rings (SSSR count). The van der Waals surface area contributed by atoms with E-state index in [4.69, 9.17) is 4.74 Å². The van der Waals surface area contributed by atoms with Crippen molar-refractivity contribution in [3.63, 3.8) is 0 Å². The average Bonchev–Trinajstić information content (AvgIpc) is 2.29. The molecule has 0 aliphatic carbocycles. The molecule has 0 fully saturated rings. The van der Waals surface area contributed by atoms with Crippen molar-refractivity contribution in [2.24, 2.45) is 0 Å². The fourth-order valence-corrected chi connectivity index (χ4v) is 1.94. The fraction of sp³-hybridized carbons (Fsp3) is 0.846. The summed E-state index contributed by atoms with van der Waals surface area (Å²) in [7, 11) is 1.57. The van der Waals surface area contributed by atoms with Crippen LogP contribution in [0.2, 0.25) is 0 Å². The first kappa shape index (κ1) is 17.7. The van der Waals surface area contributed by atoms with Gasteiger partial charge in [-0.2, -0.15) is 0 Å². The molecule has 3 N–H and O–H groups in total. The largest absolute Gasteiger partial charge is 0.480 e. The van der Waals surface area contributed by atoms with Crippen molar-refractivity contribution < 1.29 is 19.4 Å². The molecule has 0 heterocycles. The zero-order valence-corrected chi connectivity index (χ0v) is 12.3. The second-order valence-corrected chi connectivity index (χ2v) is 4.93. The van der Waals surface area contributed by atoms with Crippen molar-refractivity contribution in [2.75, 3.05) is 13.7 Å². The Balaban J connectivity index is 4.51. The number of nitrogens with one attached hydrogen (secondary N) is 2. The van der Waals surface area contributed by atoms with E-state index in [2.05, 4.69) is 10.6 Å². The van der Waals surface area contributed by atoms with Gasteiger partial charge in [0.1, 0.15) is 5.54 Å². The number of hydrogen-bond donors (Lipinski definition) is 3. The summed E-state index contributed by atoms with van der Waals surface area (Å²) < 4.78 is 5.02. The fourth-order valence-electron chi connectivity index (χ4n) is 1.94. The molecule has 0 aromatic rings. The van der Waals surface area contributed by atoms with Crippen molar-refractivity contribution in [1.82, 2.24) is 10.6 Å². The molecule has 6 heteroatoms. The first-order valence-electron chi connectivity index (χ1n) is 6.70. The molecule has 0 radical (unpaired) electrons. The molecule has 0 aromatic carbocycles. The van der Waals surface area contributed by atoms with Crippen LogP contribution >= 0.6 is 0 Å². The maximum Gasteiger partial charge on any atom is 0.329 e. The monoisotopic (exact) mass is 274 g/mol. The highest BCUT2D eigenvalue weighted by molar-refractivity contribution is 5.85. The van der Waals surface area contributed by atoms with Crippen molar-refractivity contribution >= 4 is 12.0 Å². The Morgan fingerprint density at radius 3 is 2.37 bits per heavy atom. The van der Waals surface area contributed by atoms with Gasteiger partial charge in [0, 0.05) is 7.11 Å². The van der Waals surface area contributed by atoms with Gasteiger partial charge in [-0.15, -0.1) is 0 Å². The van der Waals surface area contributed by atoms with E-state index in [1.165, 1.54) is 6.92 Å². The number of methoxy groups -OCH3 is 1. The van der Waals surface area contributed by atoms with E-state index in [1.807, 2.05) is 13.8 Å². The van der Waals surface area contributed by atoms with E-state index in [9.17, 15) is 14.7 Å². The lowest BCUT2D eigenvalue weighted by molar-refractivity contribution is -0.144. The van der Waals surface area contributed by atoms with E-state index in [-0.39, 0.29) is 6.04 Å². The van der Waals surface area contributed by atoms with E-state index < -0.39 is 17.5 Å². The summed E-state index contributed by atoms with van der Waals surface area (Å²) in [6, 6.07) is -0.566. The number of amides is 2. The van der Waals surface area contributed by atoms with Gasteiger partial charge >= 0.3 is 12.0 Å². The zero-order valence-electron chi connectivity index (χ0n) is 12.3. The minimum atomic E-state index is -1.23. The first-order valence-corrected chi connectivity index (χ1v) is 6.70. The summed E-state index contributed by atoms with van der Waals surface area (Å²) in [5.74, 6) is -1.02. The first-order chi connectivity index (χ1) is 8.89. The van der Waals surface area contributed by atoms with Crippen molar-refractivity contribution in [3.8, 4) is 0 Å². The lowest BCUT2D eigenvalue weighted by Gasteiger charge is -2.27. The van der Waals surface area contributed by atoms with Crippen LogP contribution in [0.15, 0.2) is 0 Å². The molecule has 0 aromatic heterocycles. The van der Waals surface area contributed by atoms with Gasteiger partial charge in [0.05, 0.1) is 12.6 Å². The smallest absolute Gasteiger partial charge is 0.329 e. The summed E-state index contributed by atoms with van der Waals surface area (Å²) in [5, 5.41) is 14.5. The van der Waals surface area contributed by atoms with Gasteiger partial charge in [0.2, 0.25) is 0 Å². The van der Waals surface area contributed by atoms with Crippen LogP contribution in [0.25, 0.3) is 0 Å². The van der Waals surface area contributed by atoms with Crippen LogP contribution in [-0.2, 0) is 9.53 Å². The molecule has 112 valence electrons. The van der Waals surface area contributed by atoms with Crippen LogP contribution in [0, 0.1) is 0 Å². The summed E-state index contributed by atoms with van der Waals surface area (Å²) in [6.07, 6.45) is 2.77. The topological polar surface area (TPSA) is 87.7 Å². The van der Waals surface area contributed by atoms with E-state index >= 15 is 0 Å². The zero-order chi connectivity index (χ0) is 14.9. The van der Waals surface area contributed by atoms with Gasteiger partial charge in [0.15, 0.2) is 0 Å². The Labute approximate surface area is 114 Å². The Morgan fingerprint density at radius 2 is 1.95 bits per heavy atom. The predicted octanol–water partition coefficient (Wildman–Crippen LogP) is 1.74. The second kappa shape index (κ2) is 8.74. The number of carboxylic acids is 1. The third-order valence-corrected chi connectivity index (χ3v) is 2.95. The molecule has 2 atom stereocenters. The van der Waals surface area contributed by atoms with Gasteiger partial charge in [0.25, 0.3) is 0 Å². The molecule has 0 saturated carbocycles. The van der Waals surface area contributed by atoms with Crippen LogP contribution in [0.4, 0.5) is 4.79 Å². The Kier molecular flexibility index (Phi) is 8.14. The van der Waals surface area contributed by atoms with Crippen LogP contribution in [0.3, 0.4) is 0 Å². The summed E-state index contributed by atoms with van der Waals surface area (Å²) in [5.41, 5.74) is -1.23. The Morgan fingerprint density at radius 1 is 1.32 bits per heavy atom. The number of rotatable bonds is 9. The summed E-state index contributed by atoms with van der Waals surface area (Å²) >= 11 is 0. The maximum atomic E-state index is 11.9. The lowest BCUT2D eigenvalue weighted by atomic mass is 9.96. The number of carbonyl (C=O) groups is 2. The molecule has 0 aliphatic heterocycles. The highest BCUT2D eigenvalue weighted by Crippen LogP contribution is 2.12. The highest BCUT2D eigenvalue weighted by Gasteiger charge is 2.34. The second-order valence-electron chi connectivity index (χ2n) is 4.93. The summed E-state index contributed by atoms with van der Waals surface area (Å²) in [4.78, 5) is 23.1. The van der Waals surface area contributed by atoms with Crippen LogP contribution in [-0.4, -0.2) is 42.4 Å². The van der Waals surface area contributed by atoms with Crippen LogP contribution in [0.1, 0.15) is 46.5 Å². The molecule has 2 unspecified atom stereocenters. The number of aliphatic carboxylic acids is 1. The van der Waals surface area contributed by atoms with Crippen molar-refractivity contribution in [3.05, 3.63) is 0 Å². The highest BCUT2D eigenvalue weighted by atomic mass is 16.5. The van der Waals surface area contributed by atoms with E-state index in [0.717, 1.165) is 12.8 Å². The lowest BCUT2D eigenvalue weighted by Crippen LogP contribution is -2.57. The molecule has 0 spiro atoms. The molecule has 6 nitrogen and oxygen atoms in total. The quantitative estimate of drug-likeness (QED) is 0.597. The molecule has 0 saturated heterocycles. The van der Waals surface area contributed by atoms with Gasteiger partial charge < -0.3 is 20.5 Å². The summed E-state index contributed by atoms with van der Waals surface area (Å²) in [6.45, 7) is 5.83. The van der Waals surface area contributed by atoms with Gasteiger partial charge in [-0.25, -0.2) is 9.59 Å². The normalized spacial score (nSPS) is 15.4.